The van der Waals surface area contributed by atoms with E-state index in [0.29, 0.717) is 16.8 Å². The number of nitrogens with one attached hydrogen (secondary N) is 1. The molecule has 2 aromatic carbocycles. The topological polar surface area (TPSA) is 66.4 Å². The molecule has 1 atom stereocenters. The van der Waals surface area contributed by atoms with Gasteiger partial charge in [-0.25, -0.2) is 0 Å². The summed E-state index contributed by atoms with van der Waals surface area (Å²) in [7, 11) is 0. The molecule has 0 fully saturated rings. The zero-order chi connectivity index (χ0) is 19.4. The van der Waals surface area contributed by atoms with E-state index in [0.717, 1.165) is 26.7 Å². The van der Waals surface area contributed by atoms with E-state index in [1.54, 1.807) is 18.2 Å². The van der Waals surface area contributed by atoms with Gasteiger partial charge in [0.25, 0.3) is 5.91 Å². The maximum absolute atomic E-state index is 13.2. The Bertz CT molecular complexity index is 935. The molecule has 0 aromatic heterocycles. The van der Waals surface area contributed by atoms with Crippen LogP contribution in [0, 0.1) is 34.6 Å². The van der Waals surface area contributed by atoms with Gasteiger partial charge in [-0.3, -0.25) is 9.59 Å². The first kappa shape index (κ1) is 18.8. The van der Waals surface area contributed by atoms with E-state index in [2.05, 4.69) is 21.2 Å². The van der Waals surface area contributed by atoms with E-state index in [-0.39, 0.29) is 12.2 Å². The van der Waals surface area contributed by atoms with Crippen molar-refractivity contribution in [2.24, 2.45) is 0 Å². The highest BCUT2D eigenvalue weighted by atomic mass is 79.9. The van der Waals surface area contributed by atoms with Gasteiger partial charge in [0.1, 0.15) is 0 Å². The summed E-state index contributed by atoms with van der Waals surface area (Å²) < 4.78 is 0.744. The van der Waals surface area contributed by atoms with Crippen molar-refractivity contribution in [3.63, 3.8) is 0 Å². The lowest BCUT2D eigenvalue weighted by atomic mass is 9.82. The van der Waals surface area contributed by atoms with E-state index in [4.69, 9.17) is 0 Å². The summed E-state index contributed by atoms with van der Waals surface area (Å²) >= 11 is 3.36. The quantitative estimate of drug-likeness (QED) is 0.729. The summed E-state index contributed by atoms with van der Waals surface area (Å²) in [5.74, 6) is -0.786. The average Bonchev–Trinajstić information content (AvgIpc) is 2.82. The van der Waals surface area contributed by atoms with Crippen molar-refractivity contribution in [1.82, 2.24) is 0 Å². The molecule has 1 heterocycles. The number of carbonyl (C=O) groups excluding carboxylic acids is 2. The molecule has 5 heteroatoms. The van der Waals surface area contributed by atoms with Crippen LogP contribution in [0.2, 0.25) is 0 Å². The summed E-state index contributed by atoms with van der Waals surface area (Å²) in [6, 6.07) is 5.19. The second-order valence-electron chi connectivity index (χ2n) is 7.10. The Morgan fingerprint density at radius 2 is 1.58 bits per heavy atom. The predicted octanol–water partition coefficient (Wildman–Crippen LogP) is 4.40. The summed E-state index contributed by atoms with van der Waals surface area (Å²) in [6.45, 7) is 9.88. The molecular weight excluding hydrogens is 394 g/mol. The highest BCUT2D eigenvalue weighted by Gasteiger charge is 2.47. The van der Waals surface area contributed by atoms with Crippen LogP contribution in [0.25, 0.3) is 0 Å². The Balaban J connectivity index is 2.08. The number of halogens is 1. The van der Waals surface area contributed by atoms with Gasteiger partial charge < -0.3 is 10.4 Å². The molecule has 0 saturated carbocycles. The first-order valence-electron chi connectivity index (χ1n) is 8.52. The van der Waals surface area contributed by atoms with Crippen LogP contribution in [-0.4, -0.2) is 16.8 Å². The third-order valence-electron chi connectivity index (χ3n) is 5.75. The minimum Gasteiger partial charge on any atom is -0.375 e. The second-order valence-corrected chi connectivity index (χ2v) is 8.02. The number of amides is 1. The molecule has 0 bridgehead atoms. The molecule has 4 nitrogen and oxygen atoms in total. The van der Waals surface area contributed by atoms with Crippen molar-refractivity contribution in [3.8, 4) is 0 Å². The van der Waals surface area contributed by atoms with E-state index >= 15 is 0 Å². The SMILES string of the molecule is Cc1c(C)c(C)c(C(=O)CC2(O)C(=O)Nc3ccc(Br)cc32)c(C)c1C. The number of rotatable bonds is 3. The molecule has 0 spiro atoms. The van der Waals surface area contributed by atoms with E-state index in [1.165, 1.54) is 5.56 Å². The summed E-state index contributed by atoms with van der Waals surface area (Å²) in [5, 5.41) is 13.8. The van der Waals surface area contributed by atoms with E-state index in [1.807, 2.05) is 34.6 Å². The lowest BCUT2D eigenvalue weighted by Gasteiger charge is -2.23. The van der Waals surface area contributed by atoms with Crippen LogP contribution in [0.3, 0.4) is 0 Å². The largest absolute Gasteiger partial charge is 0.375 e. The van der Waals surface area contributed by atoms with Gasteiger partial charge in [0.05, 0.1) is 6.42 Å². The van der Waals surface area contributed by atoms with Crippen molar-refractivity contribution in [2.45, 2.75) is 46.6 Å². The fourth-order valence-corrected chi connectivity index (χ4v) is 4.09. The van der Waals surface area contributed by atoms with Crippen LogP contribution in [0.15, 0.2) is 22.7 Å². The zero-order valence-corrected chi connectivity index (χ0v) is 17.2. The molecule has 0 radical (unpaired) electrons. The van der Waals surface area contributed by atoms with Crippen molar-refractivity contribution in [3.05, 3.63) is 61.6 Å². The number of fused-ring (bicyclic) bond motifs is 1. The molecule has 3 rings (SSSR count). The van der Waals surface area contributed by atoms with Crippen molar-refractivity contribution in [1.29, 1.82) is 0 Å². The lowest BCUT2D eigenvalue weighted by Crippen LogP contribution is -2.37. The molecule has 1 aliphatic rings. The van der Waals surface area contributed by atoms with E-state index < -0.39 is 11.5 Å². The van der Waals surface area contributed by atoms with Gasteiger partial charge in [0.2, 0.25) is 0 Å². The Morgan fingerprint density at radius 1 is 1.04 bits per heavy atom. The van der Waals surface area contributed by atoms with Crippen LogP contribution in [0.1, 0.15) is 50.2 Å². The fraction of sp³-hybridized carbons (Fsp3) is 0.333. The van der Waals surface area contributed by atoms with Crippen molar-refractivity contribution >= 4 is 33.3 Å². The minimum atomic E-state index is -1.86. The molecule has 26 heavy (non-hydrogen) atoms. The maximum Gasteiger partial charge on any atom is 0.261 e. The van der Waals surface area contributed by atoms with Gasteiger partial charge in [0, 0.05) is 21.3 Å². The van der Waals surface area contributed by atoms with Crippen LogP contribution in [-0.2, 0) is 10.4 Å². The van der Waals surface area contributed by atoms with Crippen molar-refractivity contribution < 1.29 is 14.7 Å². The second kappa shape index (κ2) is 6.32. The number of carbonyl (C=O) groups is 2. The lowest BCUT2D eigenvalue weighted by molar-refractivity contribution is -0.133. The number of ketones is 1. The molecule has 0 saturated heterocycles. The summed E-state index contributed by atoms with van der Waals surface area (Å²) in [5.41, 5.74) is 4.85. The molecule has 2 N–H and O–H groups in total. The standard InChI is InChI=1S/C21H22BrNO3/c1-10-11(2)13(4)19(14(5)12(10)3)18(24)9-21(26)16-8-15(22)6-7-17(16)23-20(21)25/h6-8,26H,9H2,1-5H3,(H,23,25). The molecule has 2 aromatic rings. The molecule has 1 amide bonds. The highest BCUT2D eigenvalue weighted by Crippen LogP contribution is 2.41. The number of hydrogen-bond acceptors (Lipinski definition) is 3. The van der Waals surface area contributed by atoms with Gasteiger partial charge in [-0.1, -0.05) is 15.9 Å². The first-order chi connectivity index (χ1) is 12.1. The number of aliphatic hydroxyl groups is 1. The minimum absolute atomic E-state index is 0.225. The molecule has 136 valence electrons. The normalized spacial score (nSPS) is 18.7. The third kappa shape index (κ3) is 2.70. The van der Waals surface area contributed by atoms with Gasteiger partial charge >= 0.3 is 0 Å². The predicted molar refractivity (Wildman–Crippen MR) is 106 cm³/mol. The van der Waals surface area contributed by atoms with Gasteiger partial charge in [-0.15, -0.1) is 0 Å². The van der Waals surface area contributed by atoms with E-state index in [9.17, 15) is 14.7 Å². The van der Waals surface area contributed by atoms with Gasteiger partial charge in [0.15, 0.2) is 11.4 Å². The summed E-state index contributed by atoms with van der Waals surface area (Å²) in [6.07, 6.45) is -0.286. The van der Waals surface area contributed by atoms with Crippen molar-refractivity contribution in [2.75, 3.05) is 5.32 Å². The van der Waals surface area contributed by atoms with Crippen LogP contribution >= 0.6 is 15.9 Å². The number of anilines is 1. The van der Waals surface area contributed by atoms with Crippen LogP contribution < -0.4 is 5.32 Å². The van der Waals surface area contributed by atoms with Crippen LogP contribution in [0.5, 0.6) is 0 Å². The maximum atomic E-state index is 13.2. The number of hydrogen-bond donors (Lipinski definition) is 2. The third-order valence-corrected chi connectivity index (χ3v) is 6.24. The molecule has 1 unspecified atom stereocenters. The number of benzene rings is 2. The Morgan fingerprint density at radius 3 is 2.15 bits per heavy atom. The molecular formula is C21H22BrNO3. The Kier molecular flexibility index (Phi) is 4.57. The molecule has 1 aliphatic heterocycles. The highest BCUT2D eigenvalue weighted by molar-refractivity contribution is 9.10. The fourth-order valence-electron chi connectivity index (χ4n) is 3.73. The monoisotopic (exact) mass is 415 g/mol. The molecule has 0 aliphatic carbocycles. The smallest absolute Gasteiger partial charge is 0.261 e. The average molecular weight is 416 g/mol. The zero-order valence-electron chi connectivity index (χ0n) is 15.6. The Labute approximate surface area is 161 Å². The summed E-state index contributed by atoms with van der Waals surface area (Å²) in [4.78, 5) is 25.6. The first-order valence-corrected chi connectivity index (χ1v) is 9.31. The van der Waals surface area contributed by atoms with Gasteiger partial charge in [-0.05, 0) is 80.6 Å². The number of Topliss-reactive ketones (excluding diaryl/α,β-unsaturated/α-hetero) is 1. The van der Waals surface area contributed by atoms with Crippen LogP contribution in [0.4, 0.5) is 5.69 Å². The Hall–Kier alpha value is -1.98. The van der Waals surface area contributed by atoms with Gasteiger partial charge in [-0.2, -0.15) is 0 Å².